The zero-order valence-electron chi connectivity index (χ0n) is 14.1. The highest BCUT2D eigenvalue weighted by Crippen LogP contribution is 2.29. The topological polar surface area (TPSA) is 53.4 Å². The molecule has 0 aliphatic rings. The molecule has 25 heavy (non-hydrogen) atoms. The summed E-state index contributed by atoms with van der Waals surface area (Å²) in [5.74, 6) is -0.569. The first kappa shape index (κ1) is 19.1. The minimum absolute atomic E-state index is 0.228. The number of aromatic nitrogens is 2. The summed E-state index contributed by atoms with van der Waals surface area (Å²) in [6, 6.07) is 5.95. The van der Waals surface area contributed by atoms with Gasteiger partial charge >= 0.3 is 5.97 Å². The van der Waals surface area contributed by atoms with E-state index in [4.69, 9.17) is 9.47 Å². The van der Waals surface area contributed by atoms with Crippen LogP contribution in [0.25, 0.3) is 17.3 Å². The molecular formula is C18H21FN2O3S. The molecule has 1 aromatic heterocycles. The smallest absolute Gasteiger partial charge is 0.344 e. The van der Waals surface area contributed by atoms with Crippen LogP contribution >= 0.6 is 12.8 Å². The molecule has 0 radical (unpaired) electrons. The number of esters is 1. The molecule has 0 atom stereocenters. The summed E-state index contributed by atoms with van der Waals surface area (Å²) in [6.45, 7) is 5.92. The predicted molar refractivity (Wildman–Crippen MR) is 98.1 cm³/mol. The van der Waals surface area contributed by atoms with Gasteiger partial charge in [-0.05, 0) is 43.0 Å². The molecule has 0 N–H and O–H groups in total. The molecule has 0 bridgehead atoms. The van der Waals surface area contributed by atoms with Crippen molar-refractivity contribution in [1.29, 1.82) is 0 Å². The monoisotopic (exact) mass is 364 g/mol. The molecule has 1 heterocycles. The minimum Gasteiger partial charge on any atom is -0.465 e. The number of benzene rings is 1. The van der Waals surface area contributed by atoms with E-state index in [-0.39, 0.29) is 18.3 Å². The summed E-state index contributed by atoms with van der Waals surface area (Å²) in [6.07, 6.45) is 4.47. The number of hydrogen-bond donors (Lipinski definition) is 1. The SMILES string of the molecule is C=Cc1cc(F)ccc1-c1cc(OCC(=O)OCCCCC)nn1S. The Balaban J connectivity index is 2.01. The Morgan fingerprint density at radius 3 is 2.92 bits per heavy atom. The third kappa shape index (κ3) is 5.35. The van der Waals surface area contributed by atoms with E-state index in [1.54, 1.807) is 18.2 Å². The van der Waals surface area contributed by atoms with Crippen LogP contribution < -0.4 is 4.74 Å². The Morgan fingerprint density at radius 2 is 2.20 bits per heavy atom. The van der Waals surface area contributed by atoms with Crippen molar-refractivity contribution in [3.8, 4) is 17.1 Å². The molecule has 2 aromatic rings. The molecule has 0 saturated heterocycles. The Bertz CT molecular complexity index is 746. The average Bonchev–Trinajstić information content (AvgIpc) is 2.97. The van der Waals surface area contributed by atoms with Gasteiger partial charge in [0.15, 0.2) is 6.61 Å². The first-order valence-corrected chi connectivity index (χ1v) is 8.45. The molecule has 2 rings (SSSR count). The molecule has 5 nitrogen and oxygen atoms in total. The van der Waals surface area contributed by atoms with Crippen LogP contribution in [0, 0.1) is 5.82 Å². The first-order chi connectivity index (χ1) is 12.0. The lowest BCUT2D eigenvalue weighted by Gasteiger charge is -2.05. The van der Waals surface area contributed by atoms with Crippen LogP contribution in [0.4, 0.5) is 4.39 Å². The van der Waals surface area contributed by atoms with Crippen LogP contribution in [0.1, 0.15) is 31.7 Å². The summed E-state index contributed by atoms with van der Waals surface area (Å²) in [5.41, 5.74) is 1.91. The third-order valence-corrected chi connectivity index (χ3v) is 3.83. The van der Waals surface area contributed by atoms with Gasteiger partial charge in [-0.2, -0.15) is 0 Å². The van der Waals surface area contributed by atoms with Crippen LogP contribution in [0.2, 0.25) is 0 Å². The number of ether oxygens (including phenoxy) is 2. The largest absolute Gasteiger partial charge is 0.465 e. The lowest BCUT2D eigenvalue weighted by molar-refractivity contribution is -0.146. The summed E-state index contributed by atoms with van der Waals surface area (Å²) in [5, 5.41) is 4.09. The maximum atomic E-state index is 13.4. The Kier molecular flexibility index (Phi) is 7.06. The van der Waals surface area contributed by atoms with Crippen LogP contribution in [0.15, 0.2) is 30.8 Å². The van der Waals surface area contributed by atoms with Crippen molar-refractivity contribution in [1.82, 2.24) is 9.19 Å². The van der Waals surface area contributed by atoms with E-state index in [1.807, 2.05) is 0 Å². The van der Waals surface area contributed by atoms with Gasteiger partial charge in [-0.15, -0.1) is 5.10 Å². The van der Waals surface area contributed by atoms with Gasteiger partial charge in [0.1, 0.15) is 5.82 Å². The van der Waals surface area contributed by atoms with Crippen molar-refractivity contribution in [3.63, 3.8) is 0 Å². The lowest BCUT2D eigenvalue weighted by atomic mass is 10.0. The van der Waals surface area contributed by atoms with E-state index in [9.17, 15) is 9.18 Å². The van der Waals surface area contributed by atoms with Gasteiger partial charge in [-0.1, -0.05) is 32.4 Å². The van der Waals surface area contributed by atoms with Gasteiger partial charge < -0.3 is 9.47 Å². The maximum absolute atomic E-state index is 13.4. The molecular weight excluding hydrogens is 343 g/mol. The normalized spacial score (nSPS) is 10.5. The second-order valence-electron chi connectivity index (χ2n) is 5.41. The Labute approximate surface area is 152 Å². The molecule has 0 aliphatic heterocycles. The van der Waals surface area contributed by atoms with Crippen molar-refractivity contribution >= 4 is 24.9 Å². The summed E-state index contributed by atoms with van der Waals surface area (Å²) in [7, 11) is 0. The summed E-state index contributed by atoms with van der Waals surface area (Å²) >= 11 is 4.25. The van der Waals surface area contributed by atoms with Crippen molar-refractivity contribution in [2.45, 2.75) is 26.2 Å². The van der Waals surface area contributed by atoms with Crippen molar-refractivity contribution in [2.24, 2.45) is 0 Å². The number of carbonyl (C=O) groups is 1. The predicted octanol–water partition coefficient (Wildman–Crippen LogP) is 4.14. The number of halogens is 1. The molecule has 1 aromatic carbocycles. The van der Waals surface area contributed by atoms with Gasteiger partial charge in [-0.3, -0.25) is 0 Å². The number of thiol groups is 1. The highest BCUT2D eigenvalue weighted by Gasteiger charge is 2.14. The zero-order valence-corrected chi connectivity index (χ0v) is 15.0. The van der Waals surface area contributed by atoms with Gasteiger partial charge in [0.2, 0.25) is 5.88 Å². The van der Waals surface area contributed by atoms with Gasteiger partial charge in [0.05, 0.1) is 12.3 Å². The highest BCUT2D eigenvalue weighted by molar-refractivity contribution is 7.78. The fraction of sp³-hybridized carbons (Fsp3) is 0.333. The zero-order chi connectivity index (χ0) is 18.2. The van der Waals surface area contributed by atoms with Crippen molar-refractivity contribution < 1.29 is 18.7 Å². The molecule has 0 fully saturated rings. The van der Waals surface area contributed by atoms with Crippen LogP contribution in [0.5, 0.6) is 5.88 Å². The Morgan fingerprint density at radius 1 is 1.40 bits per heavy atom. The summed E-state index contributed by atoms with van der Waals surface area (Å²) < 4.78 is 25.1. The van der Waals surface area contributed by atoms with Crippen LogP contribution in [0.3, 0.4) is 0 Å². The fourth-order valence-electron chi connectivity index (χ4n) is 2.26. The number of unbranched alkanes of at least 4 members (excludes halogenated alkanes) is 2. The molecule has 0 saturated carbocycles. The van der Waals surface area contributed by atoms with Crippen LogP contribution in [-0.2, 0) is 9.53 Å². The van der Waals surface area contributed by atoms with E-state index in [1.165, 1.54) is 16.2 Å². The minimum atomic E-state index is -0.445. The van der Waals surface area contributed by atoms with E-state index in [0.29, 0.717) is 23.4 Å². The van der Waals surface area contributed by atoms with E-state index in [0.717, 1.165) is 19.3 Å². The number of nitrogens with zero attached hydrogens (tertiary/aromatic N) is 2. The molecule has 134 valence electrons. The maximum Gasteiger partial charge on any atom is 0.344 e. The van der Waals surface area contributed by atoms with E-state index < -0.39 is 5.97 Å². The van der Waals surface area contributed by atoms with Crippen molar-refractivity contribution in [2.75, 3.05) is 13.2 Å². The lowest BCUT2D eigenvalue weighted by Crippen LogP contribution is -2.15. The molecule has 0 amide bonds. The molecule has 0 unspecified atom stereocenters. The highest BCUT2D eigenvalue weighted by atomic mass is 32.1. The molecule has 7 heteroatoms. The standard InChI is InChI=1S/C18H21FN2O3S/c1-3-5-6-9-23-18(22)12-24-17-11-16(21(25)20-17)15-8-7-14(19)10-13(15)4-2/h4,7-8,10-11,25H,2-3,5-6,9,12H2,1H3. The molecule has 0 spiro atoms. The first-order valence-electron chi connectivity index (χ1n) is 8.05. The van der Waals surface area contributed by atoms with Gasteiger partial charge in [0, 0.05) is 11.6 Å². The second kappa shape index (κ2) is 9.27. The quantitative estimate of drug-likeness (QED) is 0.413. The Hall–Kier alpha value is -2.28. The van der Waals surface area contributed by atoms with Crippen LogP contribution in [-0.4, -0.2) is 28.4 Å². The number of carbonyl (C=O) groups excluding carboxylic acids is 1. The second-order valence-corrected chi connectivity index (χ2v) is 5.79. The number of hydrogen-bond acceptors (Lipinski definition) is 5. The average molecular weight is 364 g/mol. The van der Waals surface area contributed by atoms with Gasteiger partial charge in [-0.25, -0.2) is 13.3 Å². The van der Waals surface area contributed by atoms with E-state index in [2.05, 4.69) is 31.4 Å². The van der Waals surface area contributed by atoms with Crippen molar-refractivity contribution in [3.05, 3.63) is 42.2 Å². The van der Waals surface area contributed by atoms with E-state index >= 15 is 0 Å². The molecule has 0 aliphatic carbocycles. The fourth-order valence-corrected chi connectivity index (χ4v) is 2.51. The van der Waals surface area contributed by atoms with Gasteiger partial charge in [0.25, 0.3) is 0 Å². The third-order valence-electron chi connectivity index (χ3n) is 3.53. The summed E-state index contributed by atoms with van der Waals surface area (Å²) in [4.78, 5) is 11.6. The number of rotatable bonds is 9.